The summed E-state index contributed by atoms with van der Waals surface area (Å²) in [6.45, 7) is 4.98. The molecule has 0 bridgehead atoms. The highest BCUT2D eigenvalue weighted by Gasteiger charge is 2.34. The van der Waals surface area contributed by atoms with E-state index in [4.69, 9.17) is 10.1 Å². The van der Waals surface area contributed by atoms with Crippen LogP contribution in [0.15, 0.2) is 24.4 Å². The number of aromatic nitrogens is 2. The summed E-state index contributed by atoms with van der Waals surface area (Å²) < 4.78 is 0. The van der Waals surface area contributed by atoms with Gasteiger partial charge in [0.1, 0.15) is 5.82 Å². The molecule has 4 heterocycles. The van der Waals surface area contributed by atoms with Crippen molar-refractivity contribution in [1.29, 1.82) is 0 Å². The number of anilines is 2. The molecule has 192 valence electrons. The number of carbonyl (C=O) groups is 1. The van der Waals surface area contributed by atoms with Crippen molar-refractivity contribution in [3.63, 3.8) is 0 Å². The molecule has 0 saturated carbocycles. The molecule has 8 nitrogen and oxygen atoms in total. The predicted molar refractivity (Wildman–Crippen MR) is 139 cm³/mol. The summed E-state index contributed by atoms with van der Waals surface area (Å²) in [4.78, 5) is 28.2. The van der Waals surface area contributed by atoms with Gasteiger partial charge < -0.3 is 20.4 Å². The Morgan fingerprint density at radius 3 is 2.83 bits per heavy atom. The van der Waals surface area contributed by atoms with E-state index in [1.165, 1.54) is 4.88 Å². The number of pyridine rings is 1. The zero-order valence-electron chi connectivity index (χ0n) is 20.7. The molecule has 2 saturated heterocycles. The molecule has 0 radical (unpaired) electrons. The van der Waals surface area contributed by atoms with Crippen LogP contribution >= 0.6 is 11.3 Å². The molecule has 2 aromatic rings. The second kappa shape index (κ2) is 12.8. The Morgan fingerprint density at radius 2 is 2.06 bits per heavy atom. The van der Waals surface area contributed by atoms with Gasteiger partial charge in [-0.2, -0.15) is 0 Å². The Bertz CT molecular complexity index is 947. The minimum absolute atomic E-state index is 0.104. The molecule has 2 aliphatic rings. The van der Waals surface area contributed by atoms with Crippen LogP contribution in [-0.2, 0) is 11.2 Å². The average molecular weight is 502 g/mol. The van der Waals surface area contributed by atoms with Crippen LogP contribution < -0.4 is 5.32 Å². The fraction of sp³-hybridized carbons (Fsp3) is 0.654. The molecule has 35 heavy (non-hydrogen) atoms. The van der Waals surface area contributed by atoms with E-state index in [2.05, 4.69) is 28.2 Å². The first-order valence-electron chi connectivity index (χ1n) is 13.1. The molecule has 2 atom stereocenters. The van der Waals surface area contributed by atoms with Crippen molar-refractivity contribution < 1.29 is 15.0 Å². The monoisotopic (exact) mass is 501 g/mol. The Balaban J connectivity index is 1.31. The third-order valence-electron chi connectivity index (χ3n) is 7.14. The van der Waals surface area contributed by atoms with Crippen molar-refractivity contribution in [2.45, 2.75) is 76.4 Å². The number of aliphatic hydroxyl groups excluding tert-OH is 2. The van der Waals surface area contributed by atoms with Gasteiger partial charge in [0.2, 0.25) is 5.91 Å². The van der Waals surface area contributed by atoms with E-state index in [9.17, 15) is 9.90 Å². The number of piperidine rings is 2. The molecule has 1 amide bonds. The average Bonchev–Trinajstić information content (AvgIpc) is 3.34. The SMILES string of the molecule is CCCc1cnc(Nc2cccc(C3CCN(C(=O)[C@@H]4CCCCN4CC[C@@H](O)CO)CC3)n2)s1. The Morgan fingerprint density at radius 1 is 1.23 bits per heavy atom. The lowest BCUT2D eigenvalue weighted by Crippen LogP contribution is -2.53. The summed E-state index contributed by atoms with van der Waals surface area (Å²) in [6, 6.07) is 6.01. The smallest absolute Gasteiger partial charge is 0.239 e. The van der Waals surface area contributed by atoms with E-state index in [0.29, 0.717) is 18.9 Å². The Labute approximate surface area is 212 Å². The lowest BCUT2D eigenvalue weighted by Gasteiger charge is -2.40. The normalized spacial score (nSPS) is 20.7. The maximum atomic E-state index is 13.4. The number of amides is 1. The summed E-state index contributed by atoms with van der Waals surface area (Å²) in [5.74, 6) is 1.38. The second-order valence-corrected chi connectivity index (χ2v) is 10.8. The summed E-state index contributed by atoms with van der Waals surface area (Å²) in [7, 11) is 0. The zero-order chi connectivity index (χ0) is 24.6. The van der Waals surface area contributed by atoms with Gasteiger partial charge in [0, 0.05) is 42.3 Å². The Kier molecular flexibility index (Phi) is 9.48. The van der Waals surface area contributed by atoms with E-state index in [1.807, 2.05) is 23.2 Å². The molecular formula is C26H39N5O3S. The molecule has 9 heteroatoms. The second-order valence-electron chi connectivity index (χ2n) is 9.73. The van der Waals surface area contributed by atoms with Gasteiger partial charge in [-0.3, -0.25) is 9.69 Å². The number of likely N-dealkylation sites (tertiary alicyclic amines) is 2. The number of aryl methyl sites for hydroxylation is 1. The number of hydrogen-bond acceptors (Lipinski definition) is 8. The first-order chi connectivity index (χ1) is 17.1. The molecule has 4 rings (SSSR count). The van der Waals surface area contributed by atoms with Crippen LogP contribution in [0.5, 0.6) is 0 Å². The molecular weight excluding hydrogens is 462 g/mol. The van der Waals surface area contributed by atoms with Crippen molar-refractivity contribution in [3.8, 4) is 0 Å². The number of hydrogen-bond donors (Lipinski definition) is 3. The minimum Gasteiger partial charge on any atom is -0.394 e. The van der Waals surface area contributed by atoms with E-state index in [-0.39, 0.29) is 18.6 Å². The standard InChI is InChI=1S/C26H39N5O3S/c1-2-6-21-17-27-26(35-21)29-24-9-5-7-22(28-24)19-10-14-31(15-11-19)25(34)23-8-3-4-13-30(23)16-12-20(33)18-32/h5,7,9,17,19-20,23,32-33H,2-4,6,8,10-16,18H2,1H3,(H,27,28,29)/t20-,23+/m1/s1. The first-order valence-corrected chi connectivity index (χ1v) is 13.9. The highest BCUT2D eigenvalue weighted by Crippen LogP contribution is 2.30. The number of carbonyl (C=O) groups excluding carboxylic acids is 1. The van der Waals surface area contributed by atoms with E-state index in [0.717, 1.165) is 81.2 Å². The molecule has 0 spiro atoms. The van der Waals surface area contributed by atoms with Gasteiger partial charge in [-0.15, -0.1) is 11.3 Å². The third-order valence-corrected chi connectivity index (χ3v) is 8.11. The molecule has 2 aliphatic heterocycles. The molecule has 3 N–H and O–H groups in total. The van der Waals surface area contributed by atoms with Gasteiger partial charge in [-0.05, 0) is 57.2 Å². The molecule has 2 aromatic heterocycles. The van der Waals surface area contributed by atoms with Crippen LogP contribution in [0.2, 0.25) is 0 Å². The zero-order valence-corrected chi connectivity index (χ0v) is 21.6. The lowest BCUT2D eigenvalue weighted by atomic mass is 9.92. The number of aliphatic hydroxyl groups is 2. The van der Waals surface area contributed by atoms with Gasteiger partial charge in [0.15, 0.2) is 5.13 Å². The van der Waals surface area contributed by atoms with Crippen LogP contribution in [0, 0.1) is 0 Å². The summed E-state index contributed by atoms with van der Waals surface area (Å²) in [5, 5.41) is 23.1. The first kappa shape index (κ1) is 26.0. The highest BCUT2D eigenvalue weighted by atomic mass is 32.1. The highest BCUT2D eigenvalue weighted by molar-refractivity contribution is 7.15. The summed E-state index contributed by atoms with van der Waals surface area (Å²) in [5.41, 5.74) is 1.07. The Hall–Kier alpha value is -2.07. The summed E-state index contributed by atoms with van der Waals surface area (Å²) in [6.07, 6.45) is 8.73. The number of thiazole rings is 1. The molecule has 0 unspecified atom stereocenters. The van der Waals surface area contributed by atoms with Gasteiger partial charge in [-0.25, -0.2) is 9.97 Å². The van der Waals surface area contributed by atoms with Crippen LogP contribution in [0.25, 0.3) is 0 Å². The van der Waals surface area contributed by atoms with Crippen LogP contribution in [-0.4, -0.2) is 80.8 Å². The number of nitrogens with one attached hydrogen (secondary N) is 1. The van der Waals surface area contributed by atoms with Crippen LogP contribution in [0.4, 0.5) is 10.9 Å². The number of nitrogens with zero attached hydrogens (tertiary/aromatic N) is 4. The maximum Gasteiger partial charge on any atom is 0.239 e. The van der Waals surface area contributed by atoms with Crippen molar-refractivity contribution >= 4 is 28.2 Å². The van der Waals surface area contributed by atoms with E-state index < -0.39 is 6.10 Å². The largest absolute Gasteiger partial charge is 0.394 e. The van der Waals surface area contributed by atoms with Gasteiger partial charge in [0.05, 0.1) is 18.8 Å². The van der Waals surface area contributed by atoms with Crippen LogP contribution in [0.1, 0.15) is 68.4 Å². The van der Waals surface area contributed by atoms with Crippen LogP contribution in [0.3, 0.4) is 0 Å². The van der Waals surface area contributed by atoms with E-state index in [1.54, 1.807) is 11.3 Å². The lowest BCUT2D eigenvalue weighted by molar-refractivity contribution is -0.139. The maximum absolute atomic E-state index is 13.4. The third kappa shape index (κ3) is 7.00. The van der Waals surface area contributed by atoms with Crippen molar-refractivity contribution in [2.75, 3.05) is 38.1 Å². The van der Waals surface area contributed by atoms with E-state index >= 15 is 0 Å². The molecule has 2 fully saturated rings. The van der Waals surface area contributed by atoms with Gasteiger partial charge in [-0.1, -0.05) is 25.8 Å². The number of rotatable bonds is 10. The predicted octanol–water partition coefficient (Wildman–Crippen LogP) is 3.54. The van der Waals surface area contributed by atoms with Gasteiger partial charge in [0.25, 0.3) is 0 Å². The molecule has 0 aromatic carbocycles. The van der Waals surface area contributed by atoms with Crippen molar-refractivity contribution in [2.24, 2.45) is 0 Å². The van der Waals surface area contributed by atoms with Crippen molar-refractivity contribution in [3.05, 3.63) is 35.0 Å². The minimum atomic E-state index is -0.713. The quantitative estimate of drug-likeness (QED) is 0.458. The summed E-state index contributed by atoms with van der Waals surface area (Å²) >= 11 is 1.68. The van der Waals surface area contributed by atoms with Gasteiger partial charge >= 0.3 is 0 Å². The molecule has 0 aliphatic carbocycles. The van der Waals surface area contributed by atoms with Crippen molar-refractivity contribution in [1.82, 2.24) is 19.8 Å². The fourth-order valence-electron chi connectivity index (χ4n) is 5.14. The fourth-order valence-corrected chi connectivity index (χ4v) is 6.06. The topological polar surface area (TPSA) is 102 Å².